The van der Waals surface area contributed by atoms with E-state index in [0.29, 0.717) is 13.1 Å². The van der Waals surface area contributed by atoms with Gasteiger partial charge in [0.2, 0.25) is 0 Å². The number of amides is 1. The van der Waals surface area contributed by atoms with E-state index in [0.717, 1.165) is 22.3 Å². The van der Waals surface area contributed by atoms with Gasteiger partial charge < -0.3 is 9.64 Å². The van der Waals surface area contributed by atoms with E-state index in [1.54, 1.807) is 0 Å². The maximum Gasteiger partial charge on any atom is 0.410 e. The molecule has 3 rings (SSSR count). The zero-order valence-corrected chi connectivity index (χ0v) is 18.3. The van der Waals surface area contributed by atoms with Crippen molar-refractivity contribution < 1.29 is 9.53 Å². The summed E-state index contributed by atoms with van der Waals surface area (Å²) >= 11 is 9.64. The monoisotopic (exact) mass is 449 g/mol. The highest BCUT2D eigenvalue weighted by Gasteiger charge is 2.39. The van der Waals surface area contributed by atoms with Crippen molar-refractivity contribution in [3.05, 3.63) is 69.2 Å². The summed E-state index contributed by atoms with van der Waals surface area (Å²) < 4.78 is 6.61. The number of hydrogen-bond acceptors (Lipinski definition) is 2. The molecule has 0 aliphatic carbocycles. The zero-order chi connectivity index (χ0) is 19.7. The number of carbonyl (C=O) groups is 1. The highest BCUT2D eigenvalue weighted by molar-refractivity contribution is 9.10. The second-order valence-corrected chi connectivity index (χ2v) is 9.42. The SMILES string of the molecule is CC(C)(C)OC(=O)N1CCC(c2ccc(Cl)cc2)(c2ccc(Br)cc2)CC1. The van der Waals surface area contributed by atoms with Gasteiger partial charge in [0.25, 0.3) is 0 Å². The molecule has 27 heavy (non-hydrogen) atoms. The number of likely N-dealkylation sites (tertiary alicyclic amines) is 1. The van der Waals surface area contributed by atoms with E-state index in [9.17, 15) is 4.79 Å². The van der Waals surface area contributed by atoms with Gasteiger partial charge in [-0.05, 0) is 69.0 Å². The molecule has 0 unspecified atom stereocenters. The van der Waals surface area contributed by atoms with Gasteiger partial charge in [0, 0.05) is 28.0 Å². The first-order chi connectivity index (χ1) is 12.7. The summed E-state index contributed by atoms with van der Waals surface area (Å²) in [6.07, 6.45) is 1.45. The van der Waals surface area contributed by atoms with Crippen LogP contribution in [0.3, 0.4) is 0 Å². The van der Waals surface area contributed by atoms with Gasteiger partial charge in [-0.3, -0.25) is 0 Å². The van der Waals surface area contributed by atoms with Crippen LogP contribution in [0.5, 0.6) is 0 Å². The normalized spacial score (nSPS) is 16.9. The lowest BCUT2D eigenvalue weighted by atomic mass is 9.68. The molecule has 1 amide bonds. The van der Waals surface area contributed by atoms with Gasteiger partial charge in [-0.2, -0.15) is 0 Å². The molecule has 0 saturated carbocycles. The Hall–Kier alpha value is -1.52. The van der Waals surface area contributed by atoms with Crippen molar-refractivity contribution in [3.8, 4) is 0 Å². The number of carbonyl (C=O) groups excluding carboxylic acids is 1. The minimum Gasteiger partial charge on any atom is -0.444 e. The number of halogens is 2. The molecule has 1 heterocycles. The average Bonchev–Trinajstić information content (AvgIpc) is 2.61. The molecule has 0 N–H and O–H groups in total. The maximum absolute atomic E-state index is 12.5. The molecular weight excluding hydrogens is 426 g/mol. The van der Waals surface area contributed by atoms with Gasteiger partial charge in [-0.25, -0.2) is 4.79 Å². The van der Waals surface area contributed by atoms with Gasteiger partial charge in [-0.1, -0.05) is 51.8 Å². The largest absolute Gasteiger partial charge is 0.444 e. The third kappa shape index (κ3) is 4.67. The summed E-state index contributed by atoms with van der Waals surface area (Å²) in [4.78, 5) is 14.3. The lowest BCUT2D eigenvalue weighted by molar-refractivity contribution is 0.0180. The van der Waals surface area contributed by atoms with Gasteiger partial charge in [0.05, 0.1) is 0 Å². The summed E-state index contributed by atoms with van der Waals surface area (Å²) in [6.45, 7) is 7.01. The Morgan fingerprint density at radius 3 is 1.96 bits per heavy atom. The first kappa shape index (κ1) is 20.2. The molecule has 1 saturated heterocycles. The van der Waals surface area contributed by atoms with Crippen molar-refractivity contribution in [3.63, 3.8) is 0 Å². The summed E-state index contributed by atoms with van der Waals surface area (Å²) in [5, 5.41) is 0.732. The molecule has 5 heteroatoms. The fourth-order valence-corrected chi connectivity index (χ4v) is 4.07. The lowest BCUT2D eigenvalue weighted by Gasteiger charge is -2.43. The highest BCUT2D eigenvalue weighted by Crippen LogP contribution is 2.42. The van der Waals surface area contributed by atoms with Gasteiger partial charge in [-0.15, -0.1) is 0 Å². The van der Waals surface area contributed by atoms with Crippen LogP contribution in [0.15, 0.2) is 53.0 Å². The Balaban J connectivity index is 1.88. The van der Waals surface area contributed by atoms with Gasteiger partial charge >= 0.3 is 6.09 Å². The van der Waals surface area contributed by atoms with E-state index < -0.39 is 5.60 Å². The minimum atomic E-state index is -0.479. The summed E-state index contributed by atoms with van der Waals surface area (Å²) in [5.74, 6) is 0. The van der Waals surface area contributed by atoms with Crippen LogP contribution in [0.2, 0.25) is 5.02 Å². The van der Waals surface area contributed by atoms with E-state index >= 15 is 0 Å². The van der Waals surface area contributed by atoms with E-state index in [1.807, 2.05) is 37.8 Å². The quantitative estimate of drug-likeness (QED) is 0.528. The number of hydrogen-bond donors (Lipinski definition) is 0. The zero-order valence-electron chi connectivity index (χ0n) is 16.0. The summed E-state index contributed by atoms with van der Waals surface area (Å²) in [6, 6.07) is 16.6. The fraction of sp³-hybridized carbons (Fsp3) is 0.409. The van der Waals surface area contributed by atoms with E-state index in [2.05, 4.69) is 52.3 Å². The molecule has 1 aliphatic heterocycles. The highest BCUT2D eigenvalue weighted by atomic mass is 79.9. The predicted octanol–water partition coefficient (Wildman–Crippen LogP) is 6.42. The molecule has 0 aromatic heterocycles. The first-order valence-electron chi connectivity index (χ1n) is 9.20. The molecule has 1 aliphatic rings. The minimum absolute atomic E-state index is 0.135. The number of benzene rings is 2. The van der Waals surface area contributed by atoms with Crippen LogP contribution < -0.4 is 0 Å². The van der Waals surface area contributed by atoms with Crippen molar-refractivity contribution in [1.29, 1.82) is 0 Å². The Labute approximate surface area is 174 Å². The fourth-order valence-electron chi connectivity index (χ4n) is 3.68. The Bertz CT molecular complexity index is 741. The molecule has 2 aromatic carbocycles. The van der Waals surface area contributed by atoms with E-state index in [4.69, 9.17) is 16.3 Å². The molecule has 3 nitrogen and oxygen atoms in total. The molecule has 0 bridgehead atoms. The lowest BCUT2D eigenvalue weighted by Crippen LogP contribution is -2.47. The molecular formula is C22H25BrClNO2. The standard InChI is InChI=1S/C22H25BrClNO2/c1-21(2,3)27-20(26)25-14-12-22(13-15-25,16-4-8-18(23)9-5-16)17-6-10-19(24)11-7-17/h4-11H,12-15H2,1-3H3. The van der Waals surface area contributed by atoms with Crippen LogP contribution >= 0.6 is 27.5 Å². The first-order valence-corrected chi connectivity index (χ1v) is 10.4. The summed E-state index contributed by atoms with van der Waals surface area (Å²) in [7, 11) is 0. The second kappa shape index (κ2) is 7.84. The Kier molecular flexibility index (Phi) is 5.87. The summed E-state index contributed by atoms with van der Waals surface area (Å²) in [5.41, 5.74) is 1.88. The van der Waals surface area contributed by atoms with Crippen molar-refractivity contribution in [2.75, 3.05) is 13.1 Å². The number of rotatable bonds is 2. The van der Waals surface area contributed by atoms with Crippen molar-refractivity contribution in [2.45, 2.75) is 44.6 Å². The Morgan fingerprint density at radius 2 is 1.48 bits per heavy atom. The number of nitrogens with zero attached hydrogens (tertiary/aromatic N) is 1. The number of ether oxygens (including phenoxy) is 1. The van der Waals surface area contributed by atoms with Crippen molar-refractivity contribution >= 4 is 33.6 Å². The van der Waals surface area contributed by atoms with Gasteiger partial charge in [0.1, 0.15) is 5.60 Å². The number of piperidine rings is 1. The van der Waals surface area contributed by atoms with E-state index in [1.165, 1.54) is 11.1 Å². The van der Waals surface area contributed by atoms with Crippen LogP contribution in [0.1, 0.15) is 44.7 Å². The van der Waals surface area contributed by atoms with Crippen molar-refractivity contribution in [2.24, 2.45) is 0 Å². The molecule has 0 spiro atoms. The molecule has 1 fully saturated rings. The third-order valence-corrected chi connectivity index (χ3v) is 5.84. The van der Waals surface area contributed by atoms with Crippen molar-refractivity contribution in [1.82, 2.24) is 4.90 Å². The molecule has 0 radical (unpaired) electrons. The topological polar surface area (TPSA) is 29.5 Å². The Morgan fingerprint density at radius 1 is 1.00 bits per heavy atom. The molecule has 0 atom stereocenters. The third-order valence-electron chi connectivity index (χ3n) is 5.06. The van der Waals surface area contributed by atoms with E-state index in [-0.39, 0.29) is 11.5 Å². The maximum atomic E-state index is 12.5. The molecule has 2 aromatic rings. The van der Waals surface area contributed by atoms with Crippen LogP contribution in [0.25, 0.3) is 0 Å². The van der Waals surface area contributed by atoms with Gasteiger partial charge in [0.15, 0.2) is 0 Å². The van der Waals surface area contributed by atoms with Crippen LogP contribution in [0, 0.1) is 0 Å². The van der Waals surface area contributed by atoms with Crippen LogP contribution in [-0.4, -0.2) is 29.7 Å². The van der Waals surface area contributed by atoms with Crippen LogP contribution in [0.4, 0.5) is 4.79 Å². The second-order valence-electron chi connectivity index (χ2n) is 8.06. The smallest absolute Gasteiger partial charge is 0.410 e. The molecule has 144 valence electrons. The predicted molar refractivity (Wildman–Crippen MR) is 113 cm³/mol. The average molecular weight is 451 g/mol. The van der Waals surface area contributed by atoms with Crippen LogP contribution in [-0.2, 0) is 10.2 Å².